The van der Waals surface area contributed by atoms with Crippen molar-refractivity contribution < 1.29 is 3.55 Å². The predicted octanol–water partition coefficient (Wildman–Crippen LogP) is 1.85. The van der Waals surface area contributed by atoms with Crippen molar-refractivity contribution in [2.24, 2.45) is 0 Å². The number of hydrogen-bond donors (Lipinski definition) is 0. The zero-order chi connectivity index (χ0) is 8.10. The van der Waals surface area contributed by atoms with E-state index in [4.69, 9.17) is 0 Å². The summed E-state index contributed by atoms with van der Waals surface area (Å²) in [5, 5.41) is 2.70. The van der Waals surface area contributed by atoms with Gasteiger partial charge < -0.3 is 3.55 Å². The lowest BCUT2D eigenvalue weighted by molar-refractivity contribution is -0.538. The quantitative estimate of drug-likeness (QED) is 0.600. The largest absolute Gasteiger partial charge is 0.743 e. The van der Waals surface area contributed by atoms with Gasteiger partial charge in [-0.25, -0.2) is 0 Å². The Morgan fingerprint density at radius 1 is 1.00 bits per heavy atom. The Hall–Kier alpha value is -0.318. The van der Waals surface area contributed by atoms with Crippen molar-refractivity contribution in [3.63, 3.8) is 0 Å². The molecule has 0 aliphatic carbocycles. The van der Waals surface area contributed by atoms with Gasteiger partial charge in [0, 0.05) is 0 Å². The lowest BCUT2D eigenvalue weighted by Gasteiger charge is -1.98. The summed E-state index contributed by atoms with van der Waals surface area (Å²) in [6.07, 6.45) is 4.40. The molecule has 0 bridgehead atoms. The van der Waals surface area contributed by atoms with Crippen molar-refractivity contribution in [1.29, 1.82) is 0 Å². The molecule has 0 amide bonds. The molecule has 0 atom stereocenters. The van der Waals surface area contributed by atoms with E-state index in [9.17, 15) is 0 Å². The monoisotopic (exact) mass is 164 g/mol. The van der Waals surface area contributed by atoms with Crippen LogP contribution < -0.4 is 3.55 Å². The normalized spacial score (nSPS) is 9.64. The van der Waals surface area contributed by atoms with Crippen molar-refractivity contribution in [2.45, 2.75) is 24.4 Å². The lowest BCUT2D eigenvalue weighted by Crippen LogP contribution is -2.49. The average Bonchev–Trinajstić information content (AvgIpc) is 2.09. The van der Waals surface area contributed by atoms with Crippen LogP contribution in [0.1, 0.15) is 13.8 Å². The molecule has 1 aromatic heterocycles. The third-order valence-corrected chi connectivity index (χ3v) is 5.18. The second-order valence-corrected chi connectivity index (χ2v) is 6.33. The molecule has 0 saturated carbocycles. The Morgan fingerprint density at radius 3 is 2.00 bits per heavy atom. The Balaban J connectivity index is 2.74. The van der Waals surface area contributed by atoms with Crippen molar-refractivity contribution >= 4 is 14.4 Å². The van der Waals surface area contributed by atoms with Gasteiger partial charge in [0.05, 0.1) is 0 Å². The highest BCUT2D eigenvalue weighted by Crippen LogP contribution is 1.93. The SMILES string of the molecule is C[CH2][Al]([CH2]C)[n+]1ccccc1. The summed E-state index contributed by atoms with van der Waals surface area (Å²) >= 11 is -0.634. The van der Waals surface area contributed by atoms with E-state index in [1.54, 1.807) is 0 Å². The smallest absolute Gasteiger partial charge is 0.397 e. The number of pyridine rings is 1. The Morgan fingerprint density at radius 2 is 1.55 bits per heavy atom. The molecule has 0 fully saturated rings. The summed E-state index contributed by atoms with van der Waals surface area (Å²) in [5.74, 6) is 0. The molecule has 0 spiro atoms. The van der Waals surface area contributed by atoms with Crippen LogP contribution in [0, 0.1) is 0 Å². The highest BCUT2D eigenvalue weighted by atomic mass is 27.2. The first-order valence-electron chi connectivity index (χ1n) is 4.34. The van der Waals surface area contributed by atoms with Crippen LogP contribution in [0.4, 0.5) is 0 Å². The minimum Gasteiger partial charge on any atom is -0.397 e. The maximum absolute atomic E-state index is 2.42. The molecule has 2 heteroatoms. The van der Waals surface area contributed by atoms with E-state index in [-0.39, 0.29) is 0 Å². The molecule has 0 aliphatic heterocycles. The zero-order valence-corrected chi connectivity index (χ0v) is 8.48. The third kappa shape index (κ3) is 2.32. The van der Waals surface area contributed by atoms with Crippen LogP contribution in [-0.2, 0) is 0 Å². The molecule has 11 heavy (non-hydrogen) atoms. The van der Waals surface area contributed by atoms with Crippen molar-refractivity contribution in [1.82, 2.24) is 0 Å². The summed E-state index contributed by atoms with van der Waals surface area (Å²) in [6, 6.07) is 6.31. The Bertz CT molecular complexity index is 194. The third-order valence-electron chi connectivity index (χ3n) is 2.10. The molecule has 58 valence electrons. The van der Waals surface area contributed by atoms with Gasteiger partial charge in [-0.15, -0.1) is 0 Å². The van der Waals surface area contributed by atoms with Crippen molar-refractivity contribution in [2.75, 3.05) is 0 Å². The number of aromatic nitrogens is 1. The fourth-order valence-electron chi connectivity index (χ4n) is 1.37. The van der Waals surface area contributed by atoms with E-state index in [0.717, 1.165) is 0 Å². The molecule has 1 nitrogen and oxygen atoms in total. The van der Waals surface area contributed by atoms with Crippen molar-refractivity contribution in [3.05, 3.63) is 30.6 Å². The van der Waals surface area contributed by atoms with Gasteiger partial charge in [-0.1, -0.05) is 19.9 Å². The van der Waals surface area contributed by atoms with Gasteiger partial charge in [-0.3, -0.25) is 0 Å². The van der Waals surface area contributed by atoms with Crippen LogP contribution in [-0.4, -0.2) is 14.4 Å². The number of hydrogen-bond acceptors (Lipinski definition) is 0. The van der Waals surface area contributed by atoms with E-state index in [1.807, 2.05) is 0 Å². The van der Waals surface area contributed by atoms with Gasteiger partial charge in [0.15, 0.2) is 0 Å². The minimum atomic E-state index is -0.634. The van der Waals surface area contributed by atoms with Crippen LogP contribution in [0.25, 0.3) is 0 Å². The van der Waals surface area contributed by atoms with Crippen LogP contribution >= 0.6 is 0 Å². The van der Waals surface area contributed by atoms with Crippen LogP contribution in [0.2, 0.25) is 10.6 Å². The minimum absolute atomic E-state index is 0.634. The molecule has 0 aromatic carbocycles. The Labute approximate surface area is 73.3 Å². The second kappa shape index (κ2) is 4.54. The summed E-state index contributed by atoms with van der Waals surface area (Å²) in [6.45, 7) is 4.58. The Kier molecular flexibility index (Phi) is 3.62. The fourth-order valence-corrected chi connectivity index (χ4v) is 3.47. The maximum Gasteiger partial charge on any atom is 0.743 e. The molecule has 1 heterocycles. The molecule has 0 unspecified atom stereocenters. The van der Waals surface area contributed by atoms with Crippen LogP contribution in [0.15, 0.2) is 30.6 Å². The first kappa shape index (κ1) is 8.78. The first-order valence-corrected chi connectivity index (χ1v) is 6.49. The van der Waals surface area contributed by atoms with Gasteiger partial charge in [0.1, 0.15) is 12.4 Å². The summed E-state index contributed by atoms with van der Waals surface area (Å²) in [7, 11) is 0. The summed E-state index contributed by atoms with van der Waals surface area (Å²) in [4.78, 5) is 0. The fraction of sp³-hybridized carbons (Fsp3) is 0.444. The molecule has 0 N–H and O–H groups in total. The van der Waals surface area contributed by atoms with E-state index in [0.29, 0.717) is 0 Å². The topological polar surface area (TPSA) is 3.88 Å². The molecule has 0 aliphatic rings. The summed E-state index contributed by atoms with van der Waals surface area (Å²) in [5.41, 5.74) is 0. The first-order chi connectivity index (χ1) is 5.38. The van der Waals surface area contributed by atoms with Crippen LogP contribution in [0.5, 0.6) is 0 Å². The van der Waals surface area contributed by atoms with Crippen LogP contribution in [0.3, 0.4) is 0 Å². The highest BCUT2D eigenvalue weighted by Gasteiger charge is 2.31. The molecule has 0 saturated heterocycles. The highest BCUT2D eigenvalue weighted by molar-refractivity contribution is 6.49. The zero-order valence-electron chi connectivity index (χ0n) is 7.33. The lowest BCUT2D eigenvalue weighted by atomic mass is 10.5. The second-order valence-electron chi connectivity index (χ2n) is 2.79. The van der Waals surface area contributed by atoms with Gasteiger partial charge in [-0.2, -0.15) is 0 Å². The van der Waals surface area contributed by atoms with E-state index in [2.05, 4.69) is 48.0 Å². The van der Waals surface area contributed by atoms with E-state index < -0.39 is 14.4 Å². The van der Waals surface area contributed by atoms with Gasteiger partial charge in [-0.05, 0) is 22.7 Å². The molecule has 1 aromatic rings. The molecule has 1 rings (SSSR count). The number of nitrogens with zero attached hydrogens (tertiary/aromatic N) is 1. The van der Waals surface area contributed by atoms with Crippen molar-refractivity contribution in [3.8, 4) is 0 Å². The van der Waals surface area contributed by atoms with Gasteiger partial charge in [0.2, 0.25) is 0 Å². The van der Waals surface area contributed by atoms with E-state index in [1.165, 1.54) is 10.6 Å². The standard InChI is InChI=1S/C5H5N.2C2H5.Al/c1-2-4-6-5-3-1;2*1-2;/h1-5H;2*1H2,2H3;/q;;;+1. The molecule has 0 radical (unpaired) electrons. The summed E-state index contributed by atoms with van der Waals surface area (Å²) < 4.78 is 2.42. The van der Waals surface area contributed by atoms with Gasteiger partial charge >= 0.3 is 14.4 Å². The maximum atomic E-state index is 2.42. The van der Waals surface area contributed by atoms with Gasteiger partial charge in [0.25, 0.3) is 0 Å². The predicted molar refractivity (Wildman–Crippen MR) is 48.8 cm³/mol. The average molecular weight is 164 g/mol. The molecular weight excluding hydrogens is 149 g/mol. The molecular formula is C9H15AlN+. The number of rotatable bonds is 3. The van der Waals surface area contributed by atoms with E-state index >= 15 is 0 Å².